The molecule has 2 aromatic heterocycles. The van der Waals surface area contributed by atoms with Crippen LogP contribution in [0, 0.1) is 5.92 Å². The predicted molar refractivity (Wildman–Crippen MR) is 100 cm³/mol. The fourth-order valence-corrected chi connectivity index (χ4v) is 4.09. The molecule has 0 radical (unpaired) electrons. The van der Waals surface area contributed by atoms with Crippen LogP contribution in [0.5, 0.6) is 0 Å². The molecule has 4 rings (SSSR count). The van der Waals surface area contributed by atoms with Crippen LogP contribution in [0.3, 0.4) is 0 Å². The van der Waals surface area contributed by atoms with E-state index in [1.165, 1.54) is 0 Å². The number of carbonyl (C=O) groups is 1. The van der Waals surface area contributed by atoms with Gasteiger partial charge in [0, 0.05) is 49.1 Å². The van der Waals surface area contributed by atoms with E-state index in [2.05, 4.69) is 32.0 Å². The number of allylic oxidation sites excluding steroid dienone is 2. The highest BCUT2D eigenvalue weighted by Crippen LogP contribution is 2.33. The van der Waals surface area contributed by atoms with Crippen molar-refractivity contribution in [3.8, 4) is 11.1 Å². The Hall–Kier alpha value is -2.56. The van der Waals surface area contributed by atoms with Crippen LogP contribution in [0.4, 0.5) is 0 Å². The number of likely N-dealkylation sites (tertiary alicyclic amines) is 1. The Morgan fingerprint density at radius 3 is 2.81 bits per heavy atom. The van der Waals surface area contributed by atoms with Crippen LogP contribution in [-0.4, -0.2) is 38.8 Å². The summed E-state index contributed by atoms with van der Waals surface area (Å²) in [6.45, 7) is 1.62. The molecule has 2 aliphatic rings. The van der Waals surface area contributed by atoms with Crippen molar-refractivity contribution in [3.05, 3.63) is 54.9 Å². The summed E-state index contributed by atoms with van der Waals surface area (Å²) in [5, 5.41) is 0. The smallest absolute Gasteiger partial charge is 0.226 e. The maximum atomic E-state index is 12.9. The third-order valence-corrected chi connectivity index (χ3v) is 5.47. The molecular formula is C21H24N4O. The highest BCUT2D eigenvalue weighted by atomic mass is 16.2. The lowest BCUT2D eigenvalue weighted by Gasteiger charge is -2.35. The first kappa shape index (κ1) is 16.9. The van der Waals surface area contributed by atoms with E-state index in [0.29, 0.717) is 5.91 Å². The molecule has 0 N–H and O–H groups in total. The van der Waals surface area contributed by atoms with E-state index in [1.807, 2.05) is 18.3 Å². The van der Waals surface area contributed by atoms with Crippen LogP contribution >= 0.6 is 0 Å². The largest absolute Gasteiger partial charge is 0.342 e. The minimum Gasteiger partial charge on any atom is -0.342 e. The molecule has 1 amide bonds. The number of aromatic nitrogens is 3. The minimum absolute atomic E-state index is 0.156. The molecule has 134 valence electrons. The summed E-state index contributed by atoms with van der Waals surface area (Å²) >= 11 is 0. The van der Waals surface area contributed by atoms with Crippen molar-refractivity contribution in [1.29, 1.82) is 0 Å². The van der Waals surface area contributed by atoms with Crippen LogP contribution in [0.2, 0.25) is 0 Å². The first-order valence-electron chi connectivity index (χ1n) is 9.47. The van der Waals surface area contributed by atoms with Crippen molar-refractivity contribution in [1.82, 2.24) is 19.9 Å². The van der Waals surface area contributed by atoms with Gasteiger partial charge in [-0.25, -0.2) is 9.97 Å². The highest BCUT2D eigenvalue weighted by molar-refractivity contribution is 5.79. The van der Waals surface area contributed by atoms with Gasteiger partial charge in [-0.05, 0) is 49.8 Å². The van der Waals surface area contributed by atoms with Gasteiger partial charge in [0.25, 0.3) is 0 Å². The predicted octanol–water partition coefficient (Wildman–Crippen LogP) is 3.60. The topological polar surface area (TPSA) is 59.0 Å². The van der Waals surface area contributed by atoms with E-state index in [1.54, 1.807) is 18.7 Å². The van der Waals surface area contributed by atoms with Crippen LogP contribution in [-0.2, 0) is 4.79 Å². The number of hydrogen-bond acceptors (Lipinski definition) is 4. The lowest BCUT2D eigenvalue weighted by molar-refractivity contribution is -0.137. The summed E-state index contributed by atoms with van der Waals surface area (Å²) in [6, 6.07) is 3.98. The monoisotopic (exact) mass is 348 g/mol. The van der Waals surface area contributed by atoms with Crippen molar-refractivity contribution in [2.24, 2.45) is 5.92 Å². The second-order valence-electron chi connectivity index (χ2n) is 7.16. The molecule has 26 heavy (non-hydrogen) atoms. The van der Waals surface area contributed by atoms with Crippen LogP contribution < -0.4 is 0 Å². The van der Waals surface area contributed by atoms with Gasteiger partial charge in [0.05, 0.1) is 5.69 Å². The number of carbonyl (C=O) groups excluding carboxylic acids is 1. The second kappa shape index (κ2) is 7.77. The quantitative estimate of drug-likeness (QED) is 0.795. The van der Waals surface area contributed by atoms with Gasteiger partial charge >= 0.3 is 0 Å². The zero-order valence-corrected chi connectivity index (χ0v) is 14.9. The van der Waals surface area contributed by atoms with E-state index in [-0.39, 0.29) is 11.8 Å². The average Bonchev–Trinajstić information content (AvgIpc) is 2.74. The Morgan fingerprint density at radius 1 is 1.12 bits per heavy atom. The van der Waals surface area contributed by atoms with Crippen LogP contribution in [0.25, 0.3) is 11.1 Å². The van der Waals surface area contributed by atoms with Crippen molar-refractivity contribution < 1.29 is 4.79 Å². The fraction of sp³-hybridized carbons (Fsp3) is 0.429. The molecule has 2 aromatic rings. The van der Waals surface area contributed by atoms with Crippen molar-refractivity contribution in [2.75, 3.05) is 13.1 Å². The summed E-state index contributed by atoms with van der Waals surface area (Å²) in [4.78, 5) is 27.9. The summed E-state index contributed by atoms with van der Waals surface area (Å²) in [6.07, 6.45) is 16.4. The molecule has 3 heterocycles. The van der Waals surface area contributed by atoms with Crippen LogP contribution in [0.1, 0.15) is 43.7 Å². The zero-order valence-electron chi connectivity index (χ0n) is 14.9. The molecule has 0 unspecified atom stereocenters. The van der Waals surface area contributed by atoms with Gasteiger partial charge in [0.2, 0.25) is 5.91 Å². The minimum atomic E-state index is 0.156. The maximum absolute atomic E-state index is 12.9. The third-order valence-electron chi connectivity index (χ3n) is 5.47. The number of pyridine rings is 1. The summed E-state index contributed by atoms with van der Waals surface area (Å²) in [5.41, 5.74) is 3.18. The Kier molecular flexibility index (Phi) is 5.04. The van der Waals surface area contributed by atoms with Crippen LogP contribution in [0.15, 0.2) is 49.2 Å². The first-order valence-corrected chi connectivity index (χ1v) is 9.47. The molecule has 2 atom stereocenters. The Morgan fingerprint density at radius 2 is 2.00 bits per heavy atom. The van der Waals surface area contributed by atoms with Gasteiger partial charge in [-0.2, -0.15) is 0 Å². The molecule has 0 bridgehead atoms. The van der Waals surface area contributed by atoms with E-state index in [4.69, 9.17) is 0 Å². The van der Waals surface area contributed by atoms with E-state index in [0.717, 1.165) is 62.0 Å². The second-order valence-corrected chi connectivity index (χ2v) is 7.16. The van der Waals surface area contributed by atoms with E-state index >= 15 is 0 Å². The van der Waals surface area contributed by atoms with Gasteiger partial charge in [-0.3, -0.25) is 9.78 Å². The Labute approximate surface area is 154 Å². The van der Waals surface area contributed by atoms with Gasteiger partial charge < -0.3 is 4.90 Å². The standard InChI is InChI=1S/C21H24N4O/c26-21(17-5-2-1-3-6-17)25-12-4-7-18(14-25)20-19(13-23-15-24-20)16-8-10-22-11-9-16/h1-2,8-11,13,15,17-18H,3-7,12,14H2/t17-,18+/m1/s1. The lowest BCUT2D eigenvalue weighted by atomic mass is 9.88. The number of piperidine rings is 1. The van der Waals surface area contributed by atoms with Gasteiger partial charge in [-0.1, -0.05) is 12.2 Å². The molecule has 1 aliphatic carbocycles. The van der Waals surface area contributed by atoms with Crippen molar-refractivity contribution in [2.45, 2.75) is 38.0 Å². The molecule has 1 aliphatic heterocycles. The van der Waals surface area contributed by atoms with Gasteiger partial charge in [-0.15, -0.1) is 0 Å². The molecule has 0 spiro atoms. The van der Waals surface area contributed by atoms with Crippen molar-refractivity contribution >= 4 is 5.91 Å². The SMILES string of the molecule is O=C([C@@H]1CC=CCC1)N1CCC[C@H](c2ncncc2-c2ccncc2)C1. The lowest BCUT2D eigenvalue weighted by Crippen LogP contribution is -2.42. The summed E-state index contributed by atoms with van der Waals surface area (Å²) < 4.78 is 0. The molecule has 1 saturated heterocycles. The van der Waals surface area contributed by atoms with E-state index in [9.17, 15) is 4.79 Å². The molecule has 0 aromatic carbocycles. The number of amides is 1. The molecule has 1 fully saturated rings. The highest BCUT2D eigenvalue weighted by Gasteiger charge is 2.31. The number of rotatable bonds is 3. The average molecular weight is 348 g/mol. The normalized spacial score (nSPS) is 23.0. The van der Waals surface area contributed by atoms with Gasteiger partial charge in [0.15, 0.2) is 0 Å². The third kappa shape index (κ3) is 3.52. The summed E-state index contributed by atoms with van der Waals surface area (Å²) in [5.74, 6) is 0.736. The zero-order chi connectivity index (χ0) is 17.8. The fourth-order valence-electron chi connectivity index (χ4n) is 4.09. The first-order chi connectivity index (χ1) is 12.8. The Bertz CT molecular complexity index is 790. The van der Waals surface area contributed by atoms with Gasteiger partial charge in [0.1, 0.15) is 6.33 Å². The number of nitrogens with zero attached hydrogens (tertiary/aromatic N) is 4. The van der Waals surface area contributed by atoms with E-state index < -0.39 is 0 Å². The molecule has 0 saturated carbocycles. The summed E-state index contributed by atoms with van der Waals surface area (Å²) in [7, 11) is 0. The molecule has 5 heteroatoms. The Balaban J connectivity index is 1.55. The molecule has 5 nitrogen and oxygen atoms in total. The van der Waals surface area contributed by atoms with Crippen molar-refractivity contribution in [3.63, 3.8) is 0 Å². The molecular weight excluding hydrogens is 324 g/mol. The number of hydrogen-bond donors (Lipinski definition) is 0. The maximum Gasteiger partial charge on any atom is 0.226 e.